The van der Waals surface area contributed by atoms with Crippen LogP contribution in [0.1, 0.15) is 25.5 Å². The Bertz CT molecular complexity index is 491. The Kier molecular flexibility index (Phi) is 4.19. The standard InChI is InChI=1S/C12H13F4NO2/c1-12(2,11(18)19-3)10(17)7-8(15)5(13)4-6(14)9(7)16/h4,10H,17H2,1-3H3/t10-/m1/s1. The molecule has 7 heteroatoms. The maximum absolute atomic E-state index is 13.6. The van der Waals surface area contributed by atoms with Crippen molar-refractivity contribution in [1.82, 2.24) is 0 Å². The zero-order chi connectivity index (χ0) is 15.0. The molecule has 0 amide bonds. The predicted octanol–water partition coefficient (Wildman–Crippen LogP) is 2.44. The zero-order valence-electron chi connectivity index (χ0n) is 10.6. The zero-order valence-corrected chi connectivity index (χ0v) is 10.6. The molecule has 19 heavy (non-hydrogen) atoms. The largest absolute Gasteiger partial charge is 0.469 e. The Labute approximate surface area is 107 Å². The Balaban J connectivity index is 3.42. The third kappa shape index (κ3) is 2.56. The molecule has 0 aliphatic carbocycles. The minimum Gasteiger partial charge on any atom is -0.469 e. The molecule has 0 fully saturated rings. The van der Waals surface area contributed by atoms with Gasteiger partial charge in [-0.05, 0) is 13.8 Å². The summed E-state index contributed by atoms with van der Waals surface area (Å²) in [6.07, 6.45) is 0. The van der Waals surface area contributed by atoms with E-state index < -0.39 is 46.3 Å². The van der Waals surface area contributed by atoms with Gasteiger partial charge in [0.25, 0.3) is 0 Å². The van der Waals surface area contributed by atoms with Crippen LogP contribution in [-0.2, 0) is 9.53 Å². The van der Waals surface area contributed by atoms with E-state index in [2.05, 4.69) is 4.74 Å². The van der Waals surface area contributed by atoms with Crippen molar-refractivity contribution < 1.29 is 27.1 Å². The molecule has 0 heterocycles. The summed E-state index contributed by atoms with van der Waals surface area (Å²) in [4.78, 5) is 11.5. The Morgan fingerprint density at radius 2 is 1.63 bits per heavy atom. The maximum atomic E-state index is 13.6. The number of hydrogen-bond acceptors (Lipinski definition) is 3. The van der Waals surface area contributed by atoms with Gasteiger partial charge in [-0.3, -0.25) is 4.79 Å². The van der Waals surface area contributed by atoms with Gasteiger partial charge in [-0.25, -0.2) is 17.6 Å². The summed E-state index contributed by atoms with van der Waals surface area (Å²) in [7, 11) is 1.07. The molecule has 0 aromatic heterocycles. The Morgan fingerprint density at radius 3 is 2.00 bits per heavy atom. The van der Waals surface area contributed by atoms with Gasteiger partial charge < -0.3 is 10.5 Å². The summed E-state index contributed by atoms with van der Waals surface area (Å²) in [6.45, 7) is 2.51. The third-order valence-corrected chi connectivity index (χ3v) is 2.95. The van der Waals surface area contributed by atoms with Gasteiger partial charge in [0.1, 0.15) is 0 Å². The summed E-state index contributed by atoms with van der Waals surface area (Å²) in [5.41, 5.74) is 3.00. The average molecular weight is 279 g/mol. The lowest BCUT2D eigenvalue weighted by molar-refractivity contribution is -0.152. The fraction of sp³-hybridized carbons (Fsp3) is 0.417. The average Bonchev–Trinajstić information content (AvgIpc) is 2.35. The molecular weight excluding hydrogens is 266 g/mol. The fourth-order valence-corrected chi connectivity index (χ4v) is 1.62. The summed E-state index contributed by atoms with van der Waals surface area (Å²) in [6, 6.07) is -1.53. The molecular formula is C12H13F4NO2. The van der Waals surface area contributed by atoms with Gasteiger partial charge in [0, 0.05) is 11.6 Å². The van der Waals surface area contributed by atoms with Crippen LogP contribution in [0.25, 0.3) is 0 Å². The lowest BCUT2D eigenvalue weighted by Crippen LogP contribution is -2.38. The van der Waals surface area contributed by atoms with Crippen molar-refractivity contribution in [2.45, 2.75) is 19.9 Å². The molecule has 1 atom stereocenters. The first-order chi connectivity index (χ1) is 8.64. The second-order valence-corrected chi connectivity index (χ2v) is 4.57. The summed E-state index contributed by atoms with van der Waals surface area (Å²) < 4.78 is 57.8. The van der Waals surface area contributed by atoms with Gasteiger partial charge in [-0.15, -0.1) is 0 Å². The number of hydrogen-bond donors (Lipinski definition) is 1. The van der Waals surface area contributed by atoms with Gasteiger partial charge in [0.15, 0.2) is 23.3 Å². The van der Waals surface area contributed by atoms with E-state index in [4.69, 9.17) is 5.73 Å². The number of carbonyl (C=O) groups is 1. The topological polar surface area (TPSA) is 52.3 Å². The number of methoxy groups -OCH3 is 1. The highest BCUT2D eigenvalue weighted by Crippen LogP contribution is 2.36. The van der Waals surface area contributed by atoms with E-state index in [9.17, 15) is 22.4 Å². The van der Waals surface area contributed by atoms with Crippen molar-refractivity contribution in [2.75, 3.05) is 7.11 Å². The quantitative estimate of drug-likeness (QED) is 0.525. The molecule has 0 bridgehead atoms. The minimum atomic E-state index is -1.62. The van der Waals surface area contributed by atoms with E-state index in [-0.39, 0.29) is 6.07 Å². The highest BCUT2D eigenvalue weighted by Gasteiger charge is 2.40. The molecule has 0 unspecified atom stereocenters. The van der Waals surface area contributed by atoms with Crippen molar-refractivity contribution in [1.29, 1.82) is 0 Å². The number of esters is 1. The summed E-state index contributed by atoms with van der Waals surface area (Å²) >= 11 is 0. The minimum absolute atomic E-state index is 0.0754. The van der Waals surface area contributed by atoms with E-state index in [1.165, 1.54) is 13.8 Å². The number of rotatable bonds is 3. The molecule has 0 saturated carbocycles. The smallest absolute Gasteiger partial charge is 0.313 e. The van der Waals surface area contributed by atoms with Crippen LogP contribution >= 0.6 is 0 Å². The van der Waals surface area contributed by atoms with Gasteiger partial charge in [0.05, 0.1) is 18.6 Å². The van der Waals surface area contributed by atoms with E-state index in [1.807, 2.05) is 0 Å². The second kappa shape index (κ2) is 5.16. The van der Waals surface area contributed by atoms with Crippen LogP contribution in [0.15, 0.2) is 6.07 Å². The third-order valence-electron chi connectivity index (χ3n) is 2.95. The van der Waals surface area contributed by atoms with Crippen LogP contribution in [0.4, 0.5) is 17.6 Å². The Morgan fingerprint density at radius 1 is 1.21 bits per heavy atom. The van der Waals surface area contributed by atoms with Crippen LogP contribution in [0.5, 0.6) is 0 Å². The molecule has 0 aliphatic heterocycles. The van der Waals surface area contributed by atoms with Gasteiger partial charge in [-0.2, -0.15) is 0 Å². The first-order valence-corrected chi connectivity index (χ1v) is 5.31. The Hall–Kier alpha value is -1.63. The van der Waals surface area contributed by atoms with Crippen LogP contribution in [0, 0.1) is 28.7 Å². The van der Waals surface area contributed by atoms with Crippen molar-refractivity contribution in [3.05, 3.63) is 34.9 Å². The number of ether oxygens (including phenoxy) is 1. The molecule has 1 aromatic carbocycles. The number of nitrogens with two attached hydrogens (primary N) is 1. The predicted molar refractivity (Wildman–Crippen MR) is 59.0 cm³/mol. The molecule has 0 aliphatic rings. The number of halogens is 4. The van der Waals surface area contributed by atoms with Gasteiger partial charge in [0.2, 0.25) is 0 Å². The maximum Gasteiger partial charge on any atom is 0.313 e. The lowest BCUT2D eigenvalue weighted by atomic mass is 9.80. The van der Waals surface area contributed by atoms with E-state index in [0.717, 1.165) is 7.11 Å². The van der Waals surface area contributed by atoms with Crippen molar-refractivity contribution in [3.63, 3.8) is 0 Å². The lowest BCUT2D eigenvalue weighted by Gasteiger charge is -2.29. The molecule has 0 spiro atoms. The first kappa shape index (κ1) is 15.4. The van der Waals surface area contributed by atoms with Gasteiger partial charge >= 0.3 is 5.97 Å². The van der Waals surface area contributed by atoms with Crippen LogP contribution < -0.4 is 5.73 Å². The van der Waals surface area contributed by atoms with Crippen LogP contribution in [-0.4, -0.2) is 13.1 Å². The van der Waals surface area contributed by atoms with Crippen molar-refractivity contribution >= 4 is 5.97 Å². The van der Waals surface area contributed by atoms with Crippen LogP contribution in [0.3, 0.4) is 0 Å². The second-order valence-electron chi connectivity index (χ2n) is 4.57. The first-order valence-electron chi connectivity index (χ1n) is 5.31. The normalized spacial score (nSPS) is 13.3. The number of benzene rings is 1. The summed E-state index contributed by atoms with van der Waals surface area (Å²) in [5.74, 6) is -7.26. The molecule has 2 N–H and O–H groups in total. The molecule has 0 radical (unpaired) electrons. The molecule has 3 nitrogen and oxygen atoms in total. The van der Waals surface area contributed by atoms with E-state index in [0.29, 0.717) is 0 Å². The van der Waals surface area contributed by atoms with Gasteiger partial charge in [-0.1, -0.05) is 0 Å². The number of carbonyl (C=O) groups excluding carboxylic acids is 1. The van der Waals surface area contributed by atoms with Crippen molar-refractivity contribution in [2.24, 2.45) is 11.1 Å². The van der Waals surface area contributed by atoms with E-state index in [1.54, 1.807) is 0 Å². The SMILES string of the molecule is COC(=O)C(C)(C)[C@H](N)c1c(F)c(F)cc(F)c1F. The highest BCUT2D eigenvalue weighted by molar-refractivity contribution is 5.77. The fourth-order valence-electron chi connectivity index (χ4n) is 1.62. The molecule has 1 rings (SSSR count). The molecule has 1 aromatic rings. The summed E-state index contributed by atoms with van der Waals surface area (Å²) in [5, 5.41) is 0. The van der Waals surface area contributed by atoms with Crippen molar-refractivity contribution in [3.8, 4) is 0 Å². The van der Waals surface area contributed by atoms with E-state index >= 15 is 0 Å². The molecule has 0 saturated heterocycles. The van der Waals surface area contributed by atoms with Crippen LogP contribution in [0.2, 0.25) is 0 Å². The monoisotopic (exact) mass is 279 g/mol. The molecule has 106 valence electrons. The highest BCUT2D eigenvalue weighted by atomic mass is 19.2.